The molecule has 10 nitrogen and oxygen atoms in total. The van der Waals surface area contributed by atoms with E-state index >= 15 is 0 Å². The predicted molar refractivity (Wildman–Crippen MR) is 112 cm³/mol. The molecule has 0 aromatic heterocycles. The molecule has 0 spiro atoms. The molecule has 0 atom stereocenters. The Kier molecular flexibility index (Phi) is 7.95. The van der Waals surface area contributed by atoms with Gasteiger partial charge in [-0.25, -0.2) is 4.79 Å². The number of carbonyl (C=O) groups is 3. The number of hydrogen-bond donors (Lipinski definition) is 2. The zero-order valence-corrected chi connectivity index (χ0v) is 18.9. The lowest BCUT2D eigenvalue weighted by Gasteiger charge is -2.32. The van der Waals surface area contributed by atoms with Crippen molar-refractivity contribution in [1.82, 2.24) is 15.8 Å². The lowest BCUT2D eigenvalue weighted by atomic mass is 9.96. The summed E-state index contributed by atoms with van der Waals surface area (Å²) < 4.78 is 21.1. The van der Waals surface area contributed by atoms with Crippen molar-refractivity contribution in [2.24, 2.45) is 5.92 Å². The molecule has 1 saturated heterocycles. The van der Waals surface area contributed by atoms with Gasteiger partial charge in [0, 0.05) is 24.6 Å². The highest BCUT2D eigenvalue weighted by Crippen LogP contribution is 2.38. The minimum absolute atomic E-state index is 0.231. The third-order valence-corrected chi connectivity index (χ3v) is 4.74. The molecule has 3 amide bonds. The fourth-order valence-electron chi connectivity index (χ4n) is 3.16. The van der Waals surface area contributed by atoms with Crippen molar-refractivity contribution in [1.29, 1.82) is 0 Å². The van der Waals surface area contributed by atoms with Gasteiger partial charge in [0.25, 0.3) is 5.91 Å². The van der Waals surface area contributed by atoms with Crippen LogP contribution >= 0.6 is 0 Å². The quantitative estimate of drug-likeness (QED) is 0.678. The lowest BCUT2D eigenvalue weighted by Crippen LogP contribution is -2.48. The average Bonchev–Trinajstić information content (AvgIpc) is 2.74. The topological polar surface area (TPSA) is 115 Å². The molecule has 1 aromatic carbocycles. The second-order valence-electron chi connectivity index (χ2n) is 8.10. The summed E-state index contributed by atoms with van der Waals surface area (Å²) in [5.74, 6) is -0.148. The zero-order valence-electron chi connectivity index (χ0n) is 18.9. The number of hydrazine groups is 1. The molecule has 2 rings (SSSR count). The zero-order chi connectivity index (χ0) is 23.2. The van der Waals surface area contributed by atoms with Gasteiger partial charge in [-0.05, 0) is 45.7 Å². The highest BCUT2D eigenvalue weighted by molar-refractivity contribution is 5.96. The first-order chi connectivity index (χ1) is 14.6. The maximum Gasteiger partial charge on any atom is 0.410 e. The normalized spacial score (nSPS) is 14.5. The first kappa shape index (κ1) is 24.1. The van der Waals surface area contributed by atoms with Gasteiger partial charge in [-0.15, -0.1) is 0 Å². The Labute approximate surface area is 182 Å². The highest BCUT2D eigenvalue weighted by Gasteiger charge is 2.30. The molecular formula is C21H31N3O7. The molecule has 1 fully saturated rings. The third kappa shape index (κ3) is 6.40. The van der Waals surface area contributed by atoms with Crippen LogP contribution in [0.25, 0.3) is 0 Å². The smallest absolute Gasteiger partial charge is 0.410 e. The van der Waals surface area contributed by atoms with E-state index in [-0.39, 0.29) is 23.5 Å². The van der Waals surface area contributed by atoms with Gasteiger partial charge in [0.05, 0.1) is 21.3 Å². The second-order valence-corrected chi connectivity index (χ2v) is 8.10. The maximum atomic E-state index is 12.5. The van der Waals surface area contributed by atoms with Crippen LogP contribution in [0.15, 0.2) is 12.1 Å². The maximum absolute atomic E-state index is 12.5. The van der Waals surface area contributed by atoms with Gasteiger partial charge in [-0.1, -0.05) is 0 Å². The number of ether oxygens (including phenoxy) is 4. The van der Waals surface area contributed by atoms with E-state index in [2.05, 4.69) is 10.9 Å². The predicted octanol–water partition coefficient (Wildman–Crippen LogP) is 2.12. The number of hydrogen-bond acceptors (Lipinski definition) is 7. The van der Waals surface area contributed by atoms with E-state index in [1.165, 1.54) is 33.5 Å². The van der Waals surface area contributed by atoms with Gasteiger partial charge >= 0.3 is 6.09 Å². The lowest BCUT2D eigenvalue weighted by molar-refractivity contribution is -0.127. The molecule has 1 heterocycles. The molecule has 0 unspecified atom stereocenters. The summed E-state index contributed by atoms with van der Waals surface area (Å²) in [6, 6.07) is 2.98. The number of nitrogens with one attached hydrogen (secondary N) is 2. The van der Waals surface area contributed by atoms with E-state index in [0.717, 1.165) is 0 Å². The number of carbonyl (C=O) groups excluding carboxylic acids is 3. The van der Waals surface area contributed by atoms with Crippen LogP contribution in [0.2, 0.25) is 0 Å². The highest BCUT2D eigenvalue weighted by atomic mass is 16.6. The van der Waals surface area contributed by atoms with Crippen LogP contribution in [0.5, 0.6) is 17.2 Å². The summed E-state index contributed by atoms with van der Waals surface area (Å²) in [6.45, 7) is 6.24. The van der Waals surface area contributed by atoms with Gasteiger partial charge < -0.3 is 23.8 Å². The van der Waals surface area contributed by atoms with Gasteiger partial charge in [0.2, 0.25) is 11.7 Å². The standard InChI is InChI=1S/C21H31N3O7/c1-21(2,3)31-20(27)24-9-7-13(8-10-24)18(25)22-23-19(26)14-11-15(28-4)17(30-6)16(12-14)29-5/h11-13H,7-10H2,1-6H3,(H,22,25)(H,23,26). The number of benzene rings is 1. The van der Waals surface area contributed by atoms with Gasteiger partial charge in [-0.3, -0.25) is 20.4 Å². The largest absolute Gasteiger partial charge is 0.493 e. The Bertz CT molecular complexity index is 787. The third-order valence-electron chi connectivity index (χ3n) is 4.74. The Morgan fingerprint density at radius 1 is 0.935 bits per heavy atom. The summed E-state index contributed by atoms with van der Waals surface area (Å²) >= 11 is 0. The molecule has 0 saturated carbocycles. The van der Waals surface area contributed by atoms with E-state index < -0.39 is 11.5 Å². The summed E-state index contributed by atoms with van der Waals surface area (Å²) in [4.78, 5) is 38.7. The Balaban J connectivity index is 1.91. The van der Waals surface area contributed by atoms with Crippen molar-refractivity contribution in [3.8, 4) is 17.2 Å². The average molecular weight is 437 g/mol. The van der Waals surface area contributed by atoms with E-state index in [1.807, 2.05) is 20.8 Å². The molecule has 0 aliphatic carbocycles. The van der Waals surface area contributed by atoms with E-state index in [4.69, 9.17) is 18.9 Å². The van der Waals surface area contributed by atoms with Gasteiger partial charge in [-0.2, -0.15) is 0 Å². The number of amides is 3. The summed E-state index contributed by atoms with van der Waals surface area (Å²) in [5.41, 5.74) is 4.52. The first-order valence-corrected chi connectivity index (χ1v) is 9.97. The molecule has 10 heteroatoms. The fraction of sp³-hybridized carbons (Fsp3) is 0.571. The van der Waals surface area contributed by atoms with Crippen LogP contribution in [-0.4, -0.2) is 62.8 Å². The van der Waals surface area contributed by atoms with Crippen LogP contribution in [0, 0.1) is 5.92 Å². The van der Waals surface area contributed by atoms with Crippen molar-refractivity contribution in [2.45, 2.75) is 39.2 Å². The van der Waals surface area contributed by atoms with Crippen molar-refractivity contribution >= 4 is 17.9 Å². The molecule has 1 aliphatic heterocycles. The Hall–Kier alpha value is -3.17. The van der Waals surface area contributed by atoms with Crippen molar-refractivity contribution in [3.63, 3.8) is 0 Å². The van der Waals surface area contributed by atoms with Crippen molar-refractivity contribution < 1.29 is 33.3 Å². The van der Waals surface area contributed by atoms with E-state index in [0.29, 0.717) is 43.2 Å². The van der Waals surface area contributed by atoms with Crippen molar-refractivity contribution in [2.75, 3.05) is 34.4 Å². The molecule has 0 radical (unpaired) electrons. The van der Waals surface area contributed by atoms with Crippen LogP contribution in [0.3, 0.4) is 0 Å². The number of nitrogens with zero attached hydrogens (tertiary/aromatic N) is 1. The molecule has 2 N–H and O–H groups in total. The molecule has 1 aliphatic rings. The van der Waals surface area contributed by atoms with Crippen LogP contribution in [-0.2, 0) is 9.53 Å². The molecule has 1 aromatic rings. The second kappa shape index (κ2) is 10.2. The molecule has 31 heavy (non-hydrogen) atoms. The minimum atomic E-state index is -0.567. The minimum Gasteiger partial charge on any atom is -0.493 e. The molecule has 172 valence electrons. The number of piperidine rings is 1. The number of rotatable bonds is 5. The monoisotopic (exact) mass is 437 g/mol. The SMILES string of the molecule is COc1cc(C(=O)NNC(=O)C2CCN(C(=O)OC(C)(C)C)CC2)cc(OC)c1OC. The van der Waals surface area contributed by atoms with Gasteiger partial charge in [0.15, 0.2) is 11.5 Å². The van der Waals surface area contributed by atoms with Crippen molar-refractivity contribution in [3.05, 3.63) is 17.7 Å². The first-order valence-electron chi connectivity index (χ1n) is 9.97. The number of methoxy groups -OCH3 is 3. The summed E-state index contributed by atoms with van der Waals surface area (Å²) in [7, 11) is 4.36. The van der Waals surface area contributed by atoms with E-state index in [1.54, 1.807) is 4.90 Å². The molecular weight excluding hydrogens is 406 g/mol. The summed E-state index contributed by atoms with van der Waals surface area (Å²) in [6.07, 6.45) is 0.568. The van der Waals surface area contributed by atoms with E-state index in [9.17, 15) is 14.4 Å². The van der Waals surface area contributed by atoms with Gasteiger partial charge in [0.1, 0.15) is 5.60 Å². The summed E-state index contributed by atoms with van der Waals surface area (Å²) in [5, 5.41) is 0. The number of likely N-dealkylation sites (tertiary alicyclic amines) is 1. The van der Waals surface area contributed by atoms with Crippen LogP contribution < -0.4 is 25.1 Å². The van der Waals surface area contributed by atoms with Crippen LogP contribution in [0.1, 0.15) is 44.0 Å². The molecule has 0 bridgehead atoms. The van der Waals surface area contributed by atoms with Crippen LogP contribution in [0.4, 0.5) is 4.79 Å². The fourth-order valence-corrected chi connectivity index (χ4v) is 3.16. The Morgan fingerprint density at radius 2 is 1.48 bits per heavy atom. The Morgan fingerprint density at radius 3 is 1.94 bits per heavy atom.